The highest BCUT2D eigenvalue weighted by atomic mass is 35.5. The lowest BCUT2D eigenvalue weighted by molar-refractivity contribution is -0.138. The van der Waals surface area contributed by atoms with Crippen molar-refractivity contribution in [3.8, 4) is 0 Å². The summed E-state index contributed by atoms with van der Waals surface area (Å²) in [5.41, 5.74) is 1.19. The van der Waals surface area contributed by atoms with Crippen molar-refractivity contribution < 1.29 is 14.6 Å². The van der Waals surface area contributed by atoms with E-state index in [1.165, 1.54) is 0 Å². The van der Waals surface area contributed by atoms with Crippen LogP contribution in [-0.2, 0) is 9.53 Å². The van der Waals surface area contributed by atoms with E-state index in [9.17, 15) is 9.90 Å². The van der Waals surface area contributed by atoms with Crippen molar-refractivity contribution in [2.24, 2.45) is 4.99 Å². The largest absolute Gasteiger partial charge is 0.506 e. The van der Waals surface area contributed by atoms with Gasteiger partial charge in [0.2, 0.25) is 0 Å². The van der Waals surface area contributed by atoms with Crippen LogP contribution in [0.1, 0.15) is 12.5 Å². The predicted molar refractivity (Wildman–Crippen MR) is 117 cm³/mol. The van der Waals surface area contributed by atoms with Crippen molar-refractivity contribution in [1.29, 1.82) is 0 Å². The summed E-state index contributed by atoms with van der Waals surface area (Å²) in [5, 5.41) is 12.2. The number of thioether (sulfide) groups is 1. The molecule has 4 nitrogen and oxygen atoms in total. The molecule has 0 radical (unpaired) electrons. The van der Waals surface area contributed by atoms with Crippen LogP contribution < -0.4 is 0 Å². The fraction of sp³-hybridized carbons (Fsp3) is 0.100. The van der Waals surface area contributed by atoms with Crippen LogP contribution >= 0.6 is 46.6 Å². The van der Waals surface area contributed by atoms with Crippen LogP contribution in [0.25, 0.3) is 6.08 Å². The molecule has 0 fully saturated rings. The number of rotatable bonds is 4. The van der Waals surface area contributed by atoms with Gasteiger partial charge in [-0.3, -0.25) is 0 Å². The molecule has 0 atom stereocenters. The number of ether oxygens (including phenoxy) is 1. The molecule has 0 saturated carbocycles. The van der Waals surface area contributed by atoms with E-state index < -0.39 is 5.97 Å². The minimum absolute atomic E-state index is 0.00349. The Morgan fingerprint density at radius 2 is 1.89 bits per heavy atom. The average molecular weight is 455 g/mol. The van der Waals surface area contributed by atoms with Crippen molar-refractivity contribution in [3.05, 3.63) is 79.3 Å². The maximum absolute atomic E-state index is 12.4. The second-order valence-electron chi connectivity index (χ2n) is 5.59. The summed E-state index contributed by atoms with van der Waals surface area (Å²) in [4.78, 5) is 17.3. The first-order valence-corrected chi connectivity index (χ1v) is 10.1. The normalized spacial score (nSPS) is 16.9. The highest BCUT2D eigenvalue weighted by molar-refractivity contribution is 8.18. The van der Waals surface area contributed by atoms with E-state index in [-0.39, 0.29) is 17.9 Å². The van der Waals surface area contributed by atoms with Crippen LogP contribution in [0.5, 0.6) is 0 Å². The van der Waals surface area contributed by atoms with Gasteiger partial charge in [0.1, 0.15) is 16.4 Å². The summed E-state index contributed by atoms with van der Waals surface area (Å²) in [5.74, 6) is -0.865. The Hall–Kier alpha value is -1.92. The van der Waals surface area contributed by atoms with E-state index in [0.29, 0.717) is 36.3 Å². The molecule has 2 aromatic rings. The van der Waals surface area contributed by atoms with Crippen molar-refractivity contribution >= 4 is 69.3 Å². The zero-order chi connectivity index (χ0) is 20.3. The first-order chi connectivity index (χ1) is 13.4. The van der Waals surface area contributed by atoms with E-state index in [0.717, 1.165) is 11.8 Å². The third-order valence-electron chi connectivity index (χ3n) is 3.70. The van der Waals surface area contributed by atoms with Crippen LogP contribution in [0, 0.1) is 0 Å². The fourth-order valence-electron chi connectivity index (χ4n) is 2.40. The van der Waals surface area contributed by atoms with Gasteiger partial charge in [0, 0.05) is 5.02 Å². The van der Waals surface area contributed by atoms with E-state index in [4.69, 9.17) is 39.5 Å². The number of hydrogen-bond acceptors (Lipinski definition) is 5. The number of halogens is 3. The smallest absolute Gasteiger partial charge is 0.344 e. The van der Waals surface area contributed by atoms with Gasteiger partial charge < -0.3 is 9.84 Å². The maximum Gasteiger partial charge on any atom is 0.344 e. The monoisotopic (exact) mass is 453 g/mol. The van der Waals surface area contributed by atoms with Crippen LogP contribution in [0.2, 0.25) is 15.1 Å². The second kappa shape index (κ2) is 9.05. The molecule has 2 aromatic carbocycles. The minimum atomic E-state index is -0.658. The van der Waals surface area contributed by atoms with Gasteiger partial charge in [-0.25, -0.2) is 9.79 Å². The lowest BCUT2D eigenvalue weighted by Gasteiger charge is -2.04. The SMILES string of the molecule is CCOC(=O)C1=C(O)/C(=C/c2ccccc2Cl)SC1=Nc1ccc(Cl)c(Cl)c1. The van der Waals surface area contributed by atoms with Gasteiger partial charge in [0.25, 0.3) is 0 Å². The predicted octanol–water partition coefficient (Wildman–Crippen LogP) is 6.84. The molecule has 1 heterocycles. The Labute approximate surface area is 181 Å². The van der Waals surface area contributed by atoms with Gasteiger partial charge in [-0.2, -0.15) is 0 Å². The van der Waals surface area contributed by atoms with Crippen LogP contribution in [0.4, 0.5) is 5.69 Å². The third kappa shape index (κ3) is 4.55. The number of hydrogen-bond donors (Lipinski definition) is 1. The fourth-order valence-corrected chi connectivity index (χ4v) is 3.91. The lowest BCUT2D eigenvalue weighted by atomic mass is 10.1. The van der Waals surface area contributed by atoms with E-state index >= 15 is 0 Å². The summed E-state index contributed by atoms with van der Waals surface area (Å²) in [7, 11) is 0. The number of aliphatic imine (C=N–C) groups is 1. The molecule has 1 aliphatic heterocycles. The first kappa shape index (κ1) is 20.8. The molecule has 0 aliphatic carbocycles. The molecular formula is C20H14Cl3NO3S. The number of carbonyl (C=O) groups excluding carboxylic acids is 1. The highest BCUT2D eigenvalue weighted by Gasteiger charge is 2.33. The van der Waals surface area contributed by atoms with Gasteiger partial charge in [-0.15, -0.1) is 0 Å². The molecule has 1 aliphatic rings. The van der Waals surface area contributed by atoms with Crippen LogP contribution in [0.3, 0.4) is 0 Å². The molecule has 28 heavy (non-hydrogen) atoms. The molecule has 144 valence electrons. The zero-order valence-corrected chi connectivity index (χ0v) is 17.7. The number of esters is 1. The average Bonchev–Trinajstić information content (AvgIpc) is 2.95. The molecule has 1 N–H and O–H groups in total. The van der Waals surface area contributed by atoms with Crippen molar-refractivity contribution in [2.75, 3.05) is 6.61 Å². The van der Waals surface area contributed by atoms with Gasteiger partial charge in [-0.1, -0.05) is 64.8 Å². The molecule has 0 saturated heterocycles. The van der Waals surface area contributed by atoms with Crippen molar-refractivity contribution in [1.82, 2.24) is 0 Å². The Kier molecular flexibility index (Phi) is 6.73. The van der Waals surface area contributed by atoms with Crippen molar-refractivity contribution in [2.45, 2.75) is 6.92 Å². The molecule has 0 bridgehead atoms. The van der Waals surface area contributed by atoms with Gasteiger partial charge in [0.05, 0.1) is 27.2 Å². The Morgan fingerprint density at radius 1 is 1.14 bits per heavy atom. The van der Waals surface area contributed by atoms with Crippen LogP contribution in [-0.4, -0.2) is 22.7 Å². The number of nitrogens with zero attached hydrogens (tertiary/aromatic N) is 1. The Morgan fingerprint density at radius 3 is 2.57 bits per heavy atom. The third-order valence-corrected chi connectivity index (χ3v) is 5.80. The standard InChI is InChI=1S/C20H14Cl3NO3S/c1-2-27-20(26)17-18(25)16(9-11-5-3-4-6-13(11)21)28-19(17)24-12-7-8-14(22)15(23)10-12/h3-10,25H,2H2,1H3/b16-9-,24-19?. The summed E-state index contributed by atoms with van der Waals surface area (Å²) in [6.45, 7) is 1.86. The van der Waals surface area contributed by atoms with Gasteiger partial charge in [0.15, 0.2) is 0 Å². The van der Waals surface area contributed by atoms with E-state index in [2.05, 4.69) is 4.99 Å². The Bertz CT molecular complexity index is 1030. The molecule has 3 rings (SSSR count). The molecule has 0 spiro atoms. The summed E-state index contributed by atoms with van der Waals surface area (Å²) in [6, 6.07) is 12.0. The zero-order valence-electron chi connectivity index (χ0n) is 14.6. The molecular weight excluding hydrogens is 441 g/mol. The number of benzene rings is 2. The minimum Gasteiger partial charge on any atom is -0.506 e. The summed E-state index contributed by atoms with van der Waals surface area (Å²) < 4.78 is 5.08. The number of aliphatic hydroxyl groups is 1. The first-order valence-electron chi connectivity index (χ1n) is 8.19. The molecule has 0 amide bonds. The van der Waals surface area contributed by atoms with E-state index in [1.807, 2.05) is 12.1 Å². The molecule has 0 unspecified atom stereocenters. The second-order valence-corrected chi connectivity index (χ2v) is 7.84. The molecule has 0 aromatic heterocycles. The van der Waals surface area contributed by atoms with Crippen molar-refractivity contribution in [3.63, 3.8) is 0 Å². The maximum atomic E-state index is 12.4. The molecule has 8 heteroatoms. The van der Waals surface area contributed by atoms with E-state index in [1.54, 1.807) is 43.3 Å². The lowest BCUT2D eigenvalue weighted by Crippen LogP contribution is -2.12. The topological polar surface area (TPSA) is 58.9 Å². The quantitative estimate of drug-likeness (QED) is 0.514. The Balaban J connectivity index is 2.07. The van der Waals surface area contributed by atoms with Gasteiger partial charge in [-0.05, 0) is 42.8 Å². The summed E-state index contributed by atoms with van der Waals surface area (Å²) in [6.07, 6.45) is 1.69. The van der Waals surface area contributed by atoms with Gasteiger partial charge >= 0.3 is 5.97 Å². The summed E-state index contributed by atoms with van der Waals surface area (Å²) >= 11 is 19.3. The van der Waals surface area contributed by atoms with Crippen LogP contribution in [0.15, 0.2) is 63.7 Å². The number of carbonyl (C=O) groups is 1. The highest BCUT2D eigenvalue weighted by Crippen LogP contribution is 2.41. The number of aliphatic hydroxyl groups excluding tert-OH is 1.